The van der Waals surface area contributed by atoms with E-state index >= 15 is 0 Å². The second-order valence-corrected chi connectivity index (χ2v) is 6.30. The largest absolute Gasteiger partial charge is 0.491 e. The van der Waals surface area contributed by atoms with E-state index in [4.69, 9.17) is 12.5 Å². The van der Waals surface area contributed by atoms with Gasteiger partial charge >= 0.3 is 0 Å². The minimum absolute atomic E-state index is 0.212. The number of aliphatic hydroxyl groups is 1. The lowest BCUT2D eigenvalue weighted by atomic mass is 9.95. The molecule has 120 valence electrons. The van der Waals surface area contributed by atoms with E-state index in [1.54, 1.807) is 30.1 Å². The first-order valence-electron chi connectivity index (χ1n) is 7.10. The van der Waals surface area contributed by atoms with Gasteiger partial charge in [-0.15, -0.1) is 0 Å². The standard InChI is InChI=1S/C17H21IO4/c1-17(2,20-3)14-6-4-13-9-16(7-5-12(13)8-14)21-10-15(19)11-22-18/h4-9,15,19H,10-11H2,1-3H3/t15-/m0/s1. The number of hydrogen-bond acceptors (Lipinski definition) is 4. The Labute approximate surface area is 145 Å². The number of methoxy groups -OCH3 is 1. The molecule has 0 aliphatic rings. The number of hydrogen-bond donors (Lipinski definition) is 1. The third kappa shape index (κ3) is 4.32. The van der Waals surface area contributed by atoms with Crippen molar-refractivity contribution >= 4 is 33.8 Å². The molecule has 0 amide bonds. The van der Waals surface area contributed by atoms with Crippen molar-refractivity contribution in [3.63, 3.8) is 0 Å². The molecule has 0 heterocycles. The van der Waals surface area contributed by atoms with Crippen LogP contribution < -0.4 is 4.74 Å². The molecule has 22 heavy (non-hydrogen) atoms. The SMILES string of the molecule is COC(C)(C)c1ccc2cc(OC[C@H](O)COI)ccc2c1. The van der Waals surface area contributed by atoms with E-state index in [1.807, 2.05) is 32.0 Å². The number of aliphatic hydroxyl groups excluding tert-OH is 1. The van der Waals surface area contributed by atoms with Crippen molar-refractivity contribution in [2.75, 3.05) is 20.3 Å². The van der Waals surface area contributed by atoms with Gasteiger partial charge in [0.1, 0.15) is 41.5 Å². The molecule has 0 saturated heterocycles. The van der Waals surface area contributed by atoms with Crippen LogP contribution >= 0.6 is 23.0 Å². The van der Waals surface area contributed by atoms with Crippen molar-refractivity contribution in [2.24, 2.45) is 0 Å². The summed E-state index contributed by atoms with van der Waals surface area (Å²) >= 11 is 1.76. The van der Waals surface area contributed by atoms with Crippen LogP contribution in [0.3, 0.4) is 0 Å². The number of rotatable bonds is 7. The van der Waals surface area contributed by atoms with Gasteiger partial charge in [-0.25, -0.2) is 0 Å². The highest BCUT2D eigenvalue weighted by atomic mass is 127. The van der Waals surface area contributed by atoms with Crippen LogP contribution in [0.5, 0.6) is 5.75 Å². The van der Waals surface area contributed by atoms with Gasteiger partial charge in [0.2, 0.25) is 0 Å². The summed E-state index contributed by atoms with van der Waals surface area (Å²) in [5.74, 6) is 0.735. The smallest absolute Gasteiger partial charge is 0.120 e. The Balaban J connectivity index is 2.16. The van der Waals surface area contributed by atoms with E-state index in [9.17, 15) is 5.11 Å². The van der Waals surface area contributed by atoms with Crippen molar-refractivity contribution in [3.05, 3.63) is 42.0 Å². The molecule has 0 aliphatic heterocycles. The van der Waals surface area contributed by atoms with Crippen LogP contribution in [0.15, 0.2) is 36.4 Å². The molecule has 0 aliphatic carbocycles. The molecule has 0 spiro atoms. The Morgan fingerprint density at radius 2 is 1.77 bits per heavy atom. The molecule has 1 atom stereocenters. The Kier molecular flexibility index (Phi) is 6.02. The predicted molar refractivity (Wildman–Crippen MR) is 95.5 cm³/mol. The first-order chi connectivity index (χ1) is 10.5. The molecule has 2 aromatic carbocycles. The van der Waals surface area contributed by atoms with Crippen LogP contribution in [-0.2, 0) is 13.4 Å². The number of fused-ring (bicyclic) bond motifs is 1. The fraction of sp³-hybridized carbons (Fsp3) is 0.412. The molecule has 0 fully saturated rings. The van der Waals surface area contributed by atoms with Crippen molar-refractivity contribution in [2.45, 2.75) is 25.6 Å². The summed E-state index contributed by atoms with van der Waals surface area (Å²) in [6, 6.07) is 12.1. The van der Waals surface area contributed by atoms with Gasteiger partial charge in [-0.2, -0.15) is 0 Å². The summed E-state index contributed by atoms with van der Waals surface area (Å²) in [6.07, 6.45) is -0.627. The average Bonchev–Trinajstić information content (AvgIpc) is 2.52. The number of ether oxygens (including phenoxy) is 2. The van der Waals surface area contributed by atoms with Gasteiger partial charge in [0, 0.05) is 7.11 Å². The molecular weight excluding hydrogens is 395 g/mol. The molecule has 2 aromatic rings. The highest BCUT2D eigenvalue weighted by Crippen LogP contribution is 2.29. The van der Waals surface area contributed by atoms with Crippen molar-refractivity contribution in [1.29, 1.82) is 0 Å². The second-order valence-electron chi connectivity index (χ2n) is 5.68. The Morgan fingerprint density at radius 3 is 2.45 bits per heavy atom. The van der Waals surface area contributed by atoms with Crippen LogP contribution in [0.4, 0.5) is 0 Å². The van der Waals surface area contributed by atoms with Crippen LogP contribution in [0.25, 0.3) is 10.8 Å². The number of benzene rings is 2. The molecule has 4 nitrogen and oxygen atoms in total. The summed E-state index contributed by atoms with van der Waals surface area (Å²) < 4.78 is 16.0. The minimum Gasteiger partial charge on any atom is -0.491 e. The summed E-state index contributed by atoms with van der Waals surface area (Å²) in [5.41, 5.74) is 0.818. The maximum absolute atomic E-state index is 9.61. The van der Waals surface area contributed by atoms with Gasteiger partial charge in [0.15, 0.2) is 0 Å². The van der Waals surface area contributed by atoms with E-state index in [2.05, 4.69) is 18.2 Å². The molecule has 5 heteroatoms. The van der Waals surface area contributed by atoms with Crippen LogP contribution in [-0.4, -0.2) is 31.5 Å². The normalized spacial score (nSPS) is 13.3. The highest BCUT2D eigenvalue weighted by molar-refractivity contribution is 14.1. The third-order valence-electron chi connectivity index (χ3n) is 3.71. The van der Waals surface area contributed by atoms with Gasteiger partial charge in [0.25, 0.3) is 0 Å². The zero-order valence-corrected chi connectivity index (χ0v) is 15.2. The van der Waals surface area contributed by atoms with Gasteiger partial charge in [-0.3, -0.25) is 0 Å². The number of halogens is 1. The van der Waals surface area contributed by atoms with E-state index in [1.165, 1.54) is 0 Å². The van der Waals surface area contributed by atoms with Crippen LogP contribution in [0.1, 0.15) is 19.4 Å². The van der Waals surface area contributed by atoms with Crippen molar-refractivity contribution in [1.82, 2.24) is 0 Å². The Hall–Kier alpha value is -0.890. The average molecular weight is 416 g/mol. The molecule has 0 saturated carbocycles. The first-order valence-corrected chi connectivity index (χ1v) is 7.98. The summed E-state index contributed by atoms with van der Waals surface area (Å²) in [6.45, 7) is 4.55. The van der Waals surface area contributed by atoms with E-state index in [-0.39, 0.29) is 18.8 Å². The fourth-order valence-corrected chi connectivity index (χ4v) is 2.53. The molecular formula is C17H21IO4. The van der Waals surface area contributed by atoms with Gasteiger partial charge in [-0.1, -0.05) is 18.2 Å². The molecule has 1 N–H and O–H groups in total. The fourth-order valence-electron chi connectivity index (χ4n) is 2.12. The Bertz CT molecular complexity index is 627. The summed E-state index contributed by atoms with van der Waals surface area (Å²) in [7, 11) is 1.71. The molecule has 0 radical (unpaired) electrons. The maximum Gasteiger partial charge on any atom is 0.120 e. The molecule has 0 unspecified atom stereocenters. The highest BCUT2D eigenvalue weighted by Gasteiger charge is 2.19. The summed E-state index contributed by atoms with van der Waals surface area (Å²) in [4.78, 5) is 0. The lowest BCUT2D eigenvalue weighted by molar-refractivity contribution is 0.0193. The van der Waals surface area contributed by atoms with E-state index < -0.39 is 6.10 Å². The monoisotopic (exact) mass is 416 g/mol. The van der Waals surface area contributed by atoms with Crippen LogP contribution in [0.2, 0.25) is 0 Å². The lowest BCUT2D eigenvalue weighted by Crippen LogP contribution is -2.21. The zero-order valence-electron chi connectivity index (χ0n) is 13.0. The van der Waals surface area contributed by atoms with Gasteiger partial charge in [-0.05, 0) is 48.4 Å². The quantitative estimate of drug-likeness (QED) is 0.698. The topological polar surface area (TPSA) is 47.9 Å². The first kappa shape index (κ1) is 17.5. The van der Waals surface area contributed by atoms with Crippen LogP contribution in [0, 0.1) is 0 Å². The lowest BCUT2D eigenvalue weighted by Gasteiger charge is -2.23. The second kappa shape index (κ2) is 7.59. The zero-order chi connectivity index (χ0) is 16.2. The third-order valence-corrected chi connectivity index (χ3v) is 4.07. The molecule has 2 rings (SSSR count). The molecule has 0 bridgehead atoms. The molecule has 0 aromatic heterocycles. The van der Waals surface area contributed by atoms with E-state index in [0.717, 1.165) is 22.1 Å². The van der Waals surface area contributed by atoms with Crippen molar-refractivity contribution in [3.8, 4) is 5.75 Å². The van der Waals surface area contributed by atoms with Gasteiger partial charge in [0.05, 0.1) is 12.2 Å². The minimum atomic E-state index is -0.627. The van der Waals surface area contributed by atoms with Crippen molar-refractivity contribution < 1.29 is 17.6 Å². The summed E-state index contributed by atoms with van der Waals surface area (Å²) in [5, 5.41) is 11.8. The van der Waals surface area contributed by atoms with Gasteiger partial charge < -0.3 is 17.6 Å². The predicted octanol–water partition coefficient (Wildman–Crippen LogP) is 3.83. The Morgan fingerprint density at radius 1 is 1.09 bits per heavy atom. The maximum atomic E-state index is 9.61. The van der Waals surface area contributed by atoms with E-state index in [0.29, 0.717) is 0 Å².